The molecule has 0 aromatic heterocycles. The first-order valence-corrected chi connectivity index (χ1v) is 13.2. The SMILES string of the molecule is COc1cc2c(cc1OC)C1=NC(=O)[C@H](CC3CCCCC3)N1C(SCc1c(F)cccc1Cl)=N2. The normalized spacial score (nSPS) is 19.7. The van der Waals surface area contributed by atoms with Crippen molar-refractivity contribution >= 4 is 46.0 Å². The molecule has 2 aliphatic heterocycles. The van der Waals surface area contributed by atoms with Crippen LogP contribution in [0.1, 0.15) is 49.7 Å². The minimum absolute atomic E-state index is 0.162. The molecule has 184 valence electrons. The molecule has 3 aliphatic rings. The predicted molar refractivity (Wildman–Crippen MR) is 138 cm³/mol. The molecule has 1 amide bonds. The van der Waals surface area contributed by atoms with Gasteiger partial charge < -0.3 is 9.47 Å². The number of carbonyl (C=O) groups excluding carboxylic acids is 1. The van der Waals surface area contributed by atoms with Gasteiger partial charge in [0.1, 0.15) is 17.7 Å². The Labute approximate surface area is 213 Å². The van der Waals surface area contributed by atoms with Gasteiger partial charge in [-0.2, -0.15) is 4.99 Å². The zero-order valence-corrected chi connectivity index (χ0v) is 21.3. The number of carbonyl (C=O) groups is 1. The van der Waals surface area contributed by atoms with E-state index in [0.29, 0.717) is 44.7 Å². The van der Waals surface area contributed by atoms with E-state index in [1.165, 1.54) is 37.1 Å². The molecular formula is C26H27ClFN3O3S. The number of hydrogen-bond acceptors (Lipinski definition) is 6. The summed E-state index contributed by atoms with van der Waals surface area (Å²) in [5.74, 6) is 1.87. The topological polar surface area (TPSA) is 63.5 Å². The molecule has 1 atom stereocenters. The number of amidine groups is 2. The Morgan fingerprint density at radius 1 is 1.11 bits per heavy atom. The fraction of sp³-hybridized carbons (Fsp3) is 0.423. The van der Waals surface area contributed by atoms with Gasteiger partial charge in [-0.3, -0.25) is 9.69 Å². The zero-order valence-electron chi connectivity index (χ0n) is 19.7. The molecule has 0 radical (unpaired) electrons. The molecule has 0 bridgehead atoms. The van der Waals surface area contributed by atoms with Gasteiger partial charge in [0.05, 0.1) is 19.9 Å². The molecule has 35 heavy (non-hydrogen) atoms. The molecule has 9 heteroatoms. The fourth-order valence-electron chi connectivity index (χ4n) is 5.06. The van der Waals surface area contributed by atoms with Gasteiger partial charge in [0.15, 0.2) is 16.7 Å². The second kappa shape index (κ2) is 10.2. The van der Waals surface area contributed by atoms with Crippen LogP contribution >= 0.6 is 23.4 Å². The monoisotopic (exact) mass is 515 g/mol. The van der Waals surface area contributed by atoms with Gasteiger partial charge in [0, 0.05) is 28.0 Å². The van der Waals surface area contributed by atoms with E-state index in [2.05, 4.69) is 4.99 Å². The molecule has 0 saturated heterocycles. The number of aliphatic imine (C=N–C) groups is 2. The summed E-state index contributed by atoms with van der Waals surface area (Å²) in [7, 11) is 3.14. The van der Waals surface area contributed by atoms with Gasteiger partial charge in [0.2, 0.25) is 0 Å². The summed E-state index contributed by atoms with van der Waals surface area (Å²) in [6.45, 7) is 0. The Hall–Kier alpha value is -2.58. The Bertz CT molecular complexity index is 1190. The molecule has 1 saturated carbocycles. The van der Waals surface area contributed by atoms with E-state index in [9.17, 15) is 9.18 Å². The van der Waals surface area contributed by atoms with Crippen molar-refractivity contribution in [2.75, 3.05) is 14.2 Å². The van der Waals surface area contributed by atoms with Crippen molar-refractivity contribution in [3.63, 3.8) is 0 Å². The van der Waals surface area contributed by atoms with Crippen LogP contribution in [0.4, 0.5) is 10.1 Å². The second-order valence-corrected chi connectivity index (χ2v) is 10.4. The van der Waals surface area contributed by atoms with Gasteiger partial charge >= 0.3 is 0 Å². The maximum absolute atomic E-state index is 14.5. The highest BCUT2D eigenvalue weighted by Crippen LogP contribution is 2.43. The summed E-state index contributed by atoms with van der Waals surface area (Å²) in [4.78, 5) is 24.5. The Morgan fingerprint density at radius 2 is 1.86 bits per heavy atom. The molecule has 0 spiro atoms. The fourth-order valence-corrected chi connectivity index (χ4v) is 6.45. The highest BCUT2D eigenvalue weighted by atomic mass is 35.5. The standard InChI is InChI=1S/C26H27ClFN3O3S/c1-33-22-12-16-20(13-23(22)34-2)29-26(35-14-17-18(27)9-6-10-19(17)28)31-21(25(32)30-24(16)31)11-15-7-4-3-5-8-15/h6,9-10,12-13,15,21H,3-5,7-8,11,14H2,1-2H3/t21-/m0/s1. The highest BCUT2D eigenvalue weighted by Gasteiger charge is 2.43. The van der Waals surface area contributed by atoms with Crippen LogP contribution in [0.25, 0.3) is 0 Å². The molecule has 2 aromatic carbocycles. The molecule has 1 aliphatic carbocycles. The zero-order chi connectivity index (χ0) is 24.5. The van der Waals surface area contributed by atoms with E-state index >= 15 is 0 Å². The maximum atomic E-state index is 14.5. The van der Waals surface area contributed by atoms with E-state index in [1.54, 1.807) is 32.4 Å². The number of thioether (sulfide) groups is 1. The minimum Gasteiger partial charge on any atom is -0.493 e. The van der Waals surface area contributed by atoms with Crippen LogP contribution in [0.5, 0.6) is 11.5 Å². The number of nitrogens with zero attached hydrogens (tertiary/aromatic N) is 3. The number of ether oxygens (including phenoxy) is 2. The summed E-state index contributed by atoms with van der Waals surface area (Å²) < 4.78 is 25.4. The van der Waals surface area contributed by atoms with Crippen LogP contribution in [0, 0.1) is 11.7 Å². The minimum atomic E-state index is -0.420. The Morgan fingerprint density at radius 3 is 2.57 bits per heavy atom. The van der Waals surface area contributed by atoms with Crippen LogP contribution in [-0.4, -0.2) is 42.1 Å². The average Bonchev–Trinajstić information content (AvgIpc) is 3.19. The summed E-state index contributed by atoms with van der Waals surface area (Å²) in [5.41, 5.74) is 1.76. The van der Waals surface area contributed by atoms with Crippen LogP contribution in [0.15, 0.2) is 40.3 Å². The van der Waals surface area contributed by atoms with E-state index in [0.717, 1.165) is 24.8 Å². The van der Waals surface area contributed by atoms with E-state index in [-0.39, 0.29) is 17.5 Å². The van der Waals surface area contributed by atoms with Gasteiger partial charge in [-0.1, -0.05) is 61.5 Å². The van der Waals surface area contributed by atoms with Gasteiger partial charge in [0.25, 0.3) is 5.91 Å². The third-order valence-electron chi connectivity index (χ3n) is 6.89. The lowest BCUT2D eigenvalue weighted by Crippen LogP contribution is -2.44. The first-order valence-electron chi connectivity index (χ1n) is 11.8. The van der Waals surface area contributed by atoms with E-state index in [4.69, 9.17) is 26.1 Å². The lowest BCUT2D eigenvalue weighted by Gasteiger charge is -2.33. The smallest absolute Gasteiger partial charge is 0.270 e. The molecular weight excluding hydrogens is 489 g/mol. The van der Waals surface area contributed by atoms with Crippen LogP contribution in [0.2, 0.25) is 5.02 Å². The molecule has 2 heterocycles. The Kier molecular flexibility index (Phi) is 7.02. The van der Waals surface area contributed by atoms with Crippen molar-refractivity contribution in [2.24, 2.45) is 15.9 Å². The number of halogens is 2. The van der Waals surface area contributed by atoms with Crippen molar-refractivity contribution in [3.05, 3.63) is 52.3 Å². The first-order chi connectivity index (χ1) is 17.0. The maximum Gasteiger partial charge on any atom is 0.270 e. The lowest BCUT2D eigenvalue weighted by molar-refractivity contribution is -0.120. The molecule has 1 fully saturated rings. The van der Waals surface area contributed by atoms with Gasteiger partial charge in [-0.25, -0.2) is 9.38 Å². The van der Waals surface area contributed by atoms with Crippen molar-refractivity contribution in [3.8, 4) is 11.5 Å². The summed E-state index contributed by atoms with van der Waals surface area (Å²) in [6.07, 6.45) is 6.62. The number of hydrogen-bond donors (Lipinski definition) is 0. The number of benzene rings is 2. The van der Waals surface area contributed by atoms with Crippen molar-refractivity contribution < 1.29 is 18.7 Å². The molecule has 5 rings (SSSR count). The number of fused-ring (bicyclic) bond motifs is 3. The predicted octanol–water partition coefficient (Wildman–Crippen LogP) is 6.36. The average molecular weight is 516 g/mol. The van der Waals surface area contributed by atoms with Crippen molar-refractivity contribution in [1.29, 1.82) is 0 Å². The third-order valence-corrected chi connectivity index (χ3v) is 8.23. The Balaban J connectivity index is 1.53. The van der Waals surface area contributed by atoms with Gasteiger partial charge in [-0.05, 0) is 30.5 Å². The molecule has 0 N–H and O–H groups in total. The number of methoxy groups -OCH3 is 2. The van der Waals surface area contributed by atoms with E-state index in [1.807, 2.05) is 11.0 Å². The van der Waals surface area contributed by atoms with Gasteiger partial charge in [-0.15, -0.1) is 0 Å². The van der Waals surface area contributed by atoms with E-state index < -0.39 is 6.04 Å². The number of rotatable bonds is 6. The molecule has 6 nitrogen and oxygen atoms in total. The lowest BCUT2D eigenvalue weighted by atomic mass is 9.84. The summed E-state index contributed by atoms with van der Waals surface area (Å²) >= 11 is 7.63. The first kappa shape index (κ1) is 24.1. The van der Waals surface area contributed by atoms with Crippen molar-refractivity contribution in [2.45, 2.75) is 50.3 Å². The van der Waals surface area contributed by atoms with Crippen molar-refractivity contribution in [1.82, 2.24) is 4.90 Å². The highest BCUT2D eigenvalue weighted by molar-refractivity contribution is 8.13. The molecule has 0 unspecified atom stereocenters. The molecule has 2 aromatic rings. The largest absolute Gasteiger partial charge is 0.493 e. The van der Waals surface area contributed by atoms with Crippen LogP contribution in [0.3, 0.4) is 0 Å². The summed E-state index contributed by atoms with van der Waals surface area (Å²) in [5, 5.41) is 0.973. The second-order valence-electron chi connectivity index (χ2n) is 9.01. The van der Waals surface area contributed by atoms with Crippen LogP contribution in [-0.2, 0) is 10.5 Å². The third kappa shape index (κ3) is 4.66. The quantitative estimate of drug-likeness (QED) is 0.448. The number of amides is 1. The summed E-state index contributed by atoms with van der Waals surface area (Å²) in [6, 6.07) is 7.84. The van der Waals surface area contributed by atoms with Crippen LogP contribution < -0.4 is 9.47 Å².